The summed E-state index contributed by atoms with van der Waals surface area (Å²) in [5.41, 5.74) is 7.08. The number of benzene rings is 2. The van der Waals surface area contributed by atoms with Crippen molar-refractivity contribution in [1.29, 1.82) is 0 Å². The number of nitrogens with zero attached hydrogens (tertiary/aromatic N) is 1. The maximum Gasteiger partial charge on any atom is 0.244 e. The molecule has 0 bridgehead atoms. The Morgan fingerprint density at radius 2 is 1.81 bits per heavy atom. The topological polar surface area (TPSA) is 93.5 Å². The van der Waals surface area contributed by atoms with Crippen molar-refractivity contribution < 1.29 is 18.8 Å². The summed E-state index contributed by atoms with van der Waals surface area (Å²) in [6, 6.07) is 16.9. The summed E-state index contributed by atoms with van der Waals surface area (Å²) in [6.45, 7) is 0.510. The first kappa shape index (κ1) is 17.2. The van der Waals surface area contributed by atoms with Crippen molar-refractivity contribution >= 4 is 22.8 Å². The second-order valence-corrected chi connectivity index (χ2v) is 6.44. The monoisotopic (exact) mass is 365 g/mol. The molecule has 7 heteroatoms. The van der Waals surface area contributed by atoms with E-state index in [2.05, 4.69) is 16.0 Å². The van der Waals surface area contributed by atoms with Gasteiger partial charge in [0.25, 0.3) is 0 Å². The van der Waals surface area contributed by atoms with E-state index in [1.807, 2.05) is 48.5 Å². The quantitative estimate of drug-likeness (QED) is 0.692. The Hall–Kier alpha value is -3.19. The van der Waals surface area contributed by atoms with Gasteiger partial charge < -0.3 is 9.26 Å². The highest BCUT2D eigenvalue weighted by Gasteiger charge is 2.35. The number of aromatic nitrogens is 1. The first-order valence-electron chi connectivity index (χ1n) is 8.81. The third-order valence-corrected chi connectivity index (χ3v) is 4.66. The summed E-state index contributed by atoms with van der Waals surface area (Å²) in [6.07, 6.45) is 0.318. The highest BCUT2D eigenvalue weighted by molar-refractivity contribution is 5.88. The van der Waals surface area contributed by atoms with E-state index in [9.17, 15) is 9.59 Å². The first-order chi connectivity index (χ1) is 13.2. The second-order valence-electron chi connectivity index (χ2n) is 6.44. The molecule has 1 aromatic heterocycles. The van der Waals surface area contributed by atoms with E-state index in [1.165, 1.54) is 0 Å². The van der Waals surface area contributed by atoms with Crippen LogP contribution in [0.25, 0.3) is 11.0 Å². The minimum atomic E-state index is -0.363. The summed E-state index contributed by atoms with van der Waals surface area (Å²) in [5, 5.41) is 4.71. The van der Waals surface area contributed by atoms with Gasteiger partial charge in [-0.2, -0.15) is 0 Å². The number of ether oxygens (including phenoxy) is 1. The molecule has 1 saturated heterocycles. The van der Waals surface area contributed by atoms with E-state index in [0.717, 1.165) is 10.9 Å². The van der Waals surface area contributed by atoms with Crippen molar-refractivity contribution in [2.75, 3.05) is 6.61 Å². The van der Waals surface area contributed by atoms with Gasteiger partial charge >= 0.3 is 0 Å². The normalized spacial score (nSPS) is 19.1. The Morgan fingerprint density at radius 3 is 2.67 bits per heavy atom. The lowest BCUT2D eigenvalue weighted by molar-refractivity contribution is -0.132. The van der Waals surface area contributed by atoms with E-state index < -0.39 is 0 Å². The third-order valence-electron chi connectivity index (χ3n) is 4.66. The molecule has 2 amide bonds. The molecule has 27 heavy (non-hydrogen) atoms. The summed E-state index contributed by atoms with van der Waals surface area (Å²) < 4.78 is 10.9. The Kier molecular flexibility index (Phi) is 4.84. The van der Waals surface area contributed by atoms with Crippen LogP contribution in [-0.4, -0.2) is 23.6 Å². The molecule has 7 nitrogen and oxygen atoms in total. The minimum absolute atomic E-state index is 0.0145. The highest BCUT2D eigenvalue weighted by atomic mass is 16.5. The lowest BCUT2D eigenvalue weighted by atomic mass is 9.95. The van der Waals surface area contributed by atoms with E-state index in [0.29, 0.717) is 24.3 Å². The summed E-state index contributed by atoms with van der Waals surface area (Å²) in [4.78, 5) is 24.7. The Morgan fingerprint density at radius 1 is 1.04 bits per heavy atom. The fourth-order valence-corrected chi connectivity index (χ4v) is 3.32. The Bertz CT molecular complexity index is 954. The van der Waals surface area contributed by atoms with Crippen LogP contribution in [0.2, 0.25) is 0 Å². The van der Waals surface area contributed by atoms with Crippen LogP contribution in [0.5, 0.6) is 0 Å². The number of amides is 2. The van der Waals surface area contributed by atoms with Gasteiger partial charge in [0.1, 0.15) is 5.69 Å². The molecule has 0 spiro atoms. The lowest BCUT2D eigenvalue weighted by Gasteiger charge is -2.18. The van der Waals surface area contributed by atoms with Crippen molar-refractivity contribution in [2.45, 2.75) is 18.9 Å². The van der Waals surface area contributed by atoms with Crippen LogP contribution >= 0.6 is 0 Å². The van der Waals surface area contributed by atoms with Crippen LogP contribution in [0.4, 0.5) is 0 Å². The number of carbonyl (C=O) groups excluding carboxylic acids is 2. The molecular weight excluding hydrogens is 346 g/mol. The van der Waals surface area contributed by atoms with Crippen molar-refractivity contribution in [3.63, 3.8) is 0 Å². The molecule has 1 aliphatic heterocycles. The molecule has 3 aromatic rings. The average Bonchev–Trinajstić information content (AvgIpc) is 3.35. The molecule has 0 saturated carbocycles. The summed E-state index contributed by atoms with van der Waals surface area (Å²) in [5.74, 6) is -0.974. The standard InChI is InChI=1S/C20H19N3O4/c24-18(12-16-14-8-4-5-9-17(14)27-23-16)21-22-20(25)15-10-11-26-19(15)13-6-2-1-3-7-13/h1-9,15,19H,10-12H2,(H,21,24)(H,22,25)/t15-,19+/m0/s1. The number of para-hydroxylation sites is 1. The maximum atomic E-state index is 12.5. The molecule has 0 radical (unpaired) electrons. The van der Waals surface area contributed by atoms with E-state index >= 15 is 0 Å². The SMILES string of the molecule is O=C(Cc1noc2ccccc12)NNC(=O)[C@H]1CCO[C@@H]1c1ccccc1. The zero-order valence-corrected chi connectivity index (χ0v) is 14.6. The van der Waals surface area contributed by atoms with Gasteiger partial charge in [-0.3, -0.25) is 20.4 Å². The third kappa shape index (κ3) is 3.68. The average molecular weight is 365 g/mol. The number of hydrogen-bond donors (Lipinski definition) is 2. The van der Waals surface area contributed by atoms with Gasteiger partial charge in [-0.05, 0) is 24.1 Å². The molecule has 2 atom stereocenters. The number of rotatable bonds is 4. The van der Waals surface area contributed by atoms with Gasteiger partial charge in [0, 0.05) is 12.0 Å². The van der Waals surface area contributed by atoms with Crippen LogP contribution in [0.3, 0.4) is 0 Å². The fraction of sp³-hybridized carbons (Fsp3) is 0.250. The van der Waals surface area contributed by atoms with E-state index in [4.69, 9.17) is 9.26 Å². The smallest absolute Gasteiger partial charge is 0.244 e. The van der Waals surface area contributed by atoms with E-state index in [1.54, 1.807) is 6.07 Å². The first-order valence-corrected chi connectivity index (χ1v) is 8.81. The van der Waals surface area contributed by atoms with Crippen molar-refractivity contribution in [3.05, 3.63) is 65.9 Å². The highest BCUT2D eigenvalue weighted by Crippen LogP contribution is 2.34. The number of hydrazine groups is 1. The van der Waals surface area contributed by atoms with Crippen LogP contribution in [0.15, 0.2) is 59.1 Å². The molecule has 2 N–H and O–H groups in total. The summed E-state index contributed by atoms with van der Waals surface area (Å²) >= 11 is 0. The summed E-state index contributed by atoms with van der Waals surface area (Å²) in [7, 11) is 0. The largest absolute Gasteiger partial charge is 0.373 e. The van der Waals surface area contributed by atoms with Crippen LogP contribution in [0, 0.1) is 5.92 Å². The fourth-order valence-electron chi connectivity index (χ4n) is 3.32. The van der Waals surface area contributed by atoms with E-state index in [-0.39, 0.29) is 30.3 Å². The zero-order valence-electron chi connectivity index (χ0n) is 14.6. The molecule has 0 unspecified atom stereocenters. The van der Waals surface area contributed by atoms with Gasteiger partial charge in [0.15, 0.2) is 5.58 Å². The number of hydrogen-bond acceptors (Lipinski definition) is 5. The molecule has 0 aliphatic carbocycles. The Labute approximate surface area is 155 Å². The van der Waals surface area contributed by atoms with Gasteiger partial charge in [-0.25, -0.2) is 0 Å². The van der Waals surface area contributed by atoms with Crippen LogP contribution < -0.4 is 10.9 Å². The number of nitrogens with one attached hydrogen (secondary N) is 2. The maximum absolute atomic E-state index is 12.5. The van der Waals surface area contributed by atoms with Gasteiger partial charge in [-0.15, -0.1) is 0 Å². The Balaban J connectivity index is 1.35. The second kappa shape index (κ2) is 7.59. The molecule has 1 fully saturated rings. The van der Waals surface area contributed by atoms with Crippen molar-refractivity contribution in [2.24, 2.45) is 5.92 Å². The molecule has 2 heterocycles. The van der Waals surface area contributed by atoms with Gasteiger partial charge in [0.05, 0.1) is 18.4 Å². The molecule has 2 aromatic carbocycles. The predicted molar refractivity (Wildman–Crippen MR) is 97.2 cm³/mol. The molecule has 1 aliphatic rings. The van der Waals surface area contributed by atoms with Gasteiger partial charge in [0.2, 0.25) is 11.8 Å². The van der Waals surface area contributed by atoms with Gasteiger partial charge in [-0.1, -0.05) is 47.6 Å². The number of fused-ring (bicyclic) bond motifs is 1. The van der Waals surface area contributed by atoms with Crippen LogP contribution in [0.1, 0.15) is 23.8 Å². The minimum Gasteiger partial charge on any atom is -0.373 e. The lowest BCUT2D eigenvalue weighted by Crippen LogP contribution is -2.45. The predicted octanol–water partition coefficient (Wildman–Crippen LogP) is 2.30. The molecular formula is C20H19N3O4. The molecule has 138 valence electrons. The van der Waals surface area contributed by atoms with Crippen molar-refractivity contribution in [3.8, 4) is 0 Å². The molecule has 4 rings (SSSR count). The number of carbonyl (C=O) groups is 2. The zero-order chi connectivity index (χ0) is 18.6. The van der Waals surface area contributed by atoms with Crippen LogP contribution in [-0.2, 0) is 20.7 Å². The van der Waals surface area contributed by atoms with Crippen molar-refractivity contribution in [1.82, 2.24) is 16.0 Å².